The van der Waals surface area contributed by atoms with E-state index < -0.39 is 29.1 Å². The van der Waals surface area contributed by atoms with Crippen LogP contribution in [0.4, 0.5) is 4.39 Å². The van der Waals surface area contributed by atoms with Crippen LogP contribution in [-0.4, -0.2) is 43.4 Å². The molecule has 2 aromatic rings. The highest BCUT2D eigenvalue weighted by Crippen LogP contribution is 2.14. The Morgan fingerprint density at radius 3 is 2.44 bits per heavy atom. The van der Waals surface area contributed by atoms with Crippen LogP contribution < -0.4 is 15.8 Å². The Morgan fingerprint density at radius 2 is 1.84 bits per heavy atom. The number of hydrogen-bond acceptors (Lipinski definition) is 3. The number of ketones is 1. The average Bonchev–Trinajstić information content (AvgIpc) is 2.57. The predicted molar refractivity (Wildman–Crippen MR) is 91.2 cm³/mol. The van der Waals surface area contributed by atoms with E-state index in [0.29, 0.717) is 13.1 Å². The van der Waals surface area contributed by atoms with Gasteiger partial charge in [0.25, 0.3) is 11.5 Å². The molecule has 0 aliphatic rings. The fourth-order valence-electron chi connectivity index (χ4n) is 2.33. The maximum Gasteiger partial charge on any atom is 0.251 e. The van der Waals surface area contributed by atoms with Crippen molar-refractivity contribution in [2.45, 2.75) is 6.04 Å². The number of rotatable bonds is 7. The van der Waals surface area contributed by atoms with Crippen molar-refractivity contribution in [1.29, 1.82) is 0 Å². The first-order valence-electron chi connectivity index (χ1n) is 7.94. The van der Waals surface area contributed by atoms with Gasteiger partial charge in [0.1, 0.15) is 5.82 Å². The zero-order chi connectivity index (χ0) is 18.4. The lowest BCUT2D eigenvalue weighted by Crippen LogP contribution is -3.06. The lowest BCUT2D eigenvalue weighted by atomic mass is 10.0. The first-order valence-corrected chi connectivity index (χ1v) is 7.94. The Balaban J connectivity index is 2.33. The molecule has 0 spiro atoms. The average molecular weight is 346 g/mol. The van der Waals surface area contributed by atoms with Crippen molar-refractivity contribution in [3.05, 3.63) is 70.4 Å². The number of amides is 1. The van der Waals surface area contributed by atoms with E-state index in [0.717, 1.165) is 21.6 Å². The van der Waals surface area contributed by atoms with Gasteiger partial charge in [-0.3, -0.25) is 19.0 Å². The number of halogens is 1. The number of quaternary nitrogens is 1. The molecular formula is C18H21FN3O3+. The summed E-state index contributed by atoms with van der Waals surface area (Å²) in [7, 11) is 3.88. The van der Waals surface area contributed by atoms with Crippen LogP contribution in [0.3, 0.4) is 0 Å². The van der Waals surface area contributed by atoms with Gasteiger partial charge in [-0.15, -0.1) is 0 Å². The Bertz CT molecular complexity index is 800. The summed E-state index contributed by atoms with van der Waals surface area (Å²) >= 11 is 0. The second-order valence-corrected chi connectivity index (χ2v) is 5.97. The fourth-order valence-corrected chi connectivity index (χ4v) is 2.33. The van der Waals surface area contributed by atoms with Crippen LogP contribution in [0.1, 0.15) is 16.4 Å². The number of nitrogens with zero attached hydrogens (tertiary/aromatic N) is 1. The molecule has 25 heavy (non-hydrogen) atoms. The molecule has 1 atom stereocenters. The molecule has 0 aliphatic heterocycles. The second kappa shape index (κ2) is 8.34. The summed E-state index contributed by atoms with van der Waals surface area (Å²) in [4.78, 5) is 38.6. The van der Waals surface area contributed by atoms with Crippen molar-refractivity contribution in [3.8, 4) is 0 Å². The first kappa shape index (κ1) is 18.5. The number of carbonyl (C=O) groups excluding carboxylic acids is 2. The normalized spacial score (nSPS) is 12.0. The third kappa shape index (κ3) is 4.84. The third-order valence-electron chi connectivity index (χ3n) is 3.68. The second-order valence-electron chi connectivity index (χ2n) is 5.97. The molecular weight excluding hydrogens is 325 g/mol. The van der Waals surface area contributed by atoms with Gasteiger partial charge in [-0.05, 0) is 30.3 Å². The van der Waals surface area contributed by atoms with Crippen LogP contribution >= 0.6 is 0 Å². The Kier molecular flexibility index (Phi) is 6.19. The lowest BCUT2D eigenvalue weighted by Gasteiger charge is -2.18. The minimum absolute atomic E-state index is 0.163. The standard InChI is InChI=1S/C18H20FN3O3/c1-21(2)12-10-20-18(25)16(22-11-4-3-5-15(22)23)17(24)13-6-8-14(19)9-7-13/h3-9,11,16H,10,12H2,1-2H3,(H,20,25)/p+1/t16-/m0/s1. The molecule has 1 heterocycles. The smallest absolute Gasteiger partial charge is 0.251 e. The Hall–Kier alpha value is -2.80. The van der Waals surface area contributed by atoms with E-state index in [-0.39, 0.29) is 5.56 Å². The van der Waals surface area contributed by atoms with Gasteiger partial charge in [-0.25, -0.2) is 4.39 Å². The maximum absolute atomic E-state index is 13.1. The third-order valence-corrected chi connectivity index (χ3v) is 3.68. The molecule has 0 saturated heterocycles. The molecule has 6 nitrogen and oxygen atoms in total. The van der Waals surface area contributed by atoms with Crippen molar-refractivity contribution in [3.63, 3.8) is 0 Å². The topological polar surface area (TPSA) is 72.6 Å². The van der Waals surface area contributed by atoms with Gasteiger partial charge in [0.2, 0.25) is 0 Å². The number of benzene rings is 1. The zero-order valence-corrected chi connectivity index (χ0v) is 14.2. The molecule has 0 bridgehead atoms. The Morgan fingerprint density at radius 1 is 1.16 bits per heavy atom. The highest BCUT2D eigenvalue weighted by Gasteiger charge is 2.30. The first-order chi connectivity index (χ1) is 11.9. The van der Waals surface area contributed by atoms with Crippen LogP contribution in [0.15, 0.2) is 53.5 Å². The van der Waals surface area contributed by atoms with E-state index >= 15 is 0 Å². The summed E-state index contributed by atoms with van der Waals surface area (Å²) in [6.07, 6.45) is 1.39. The number of nitrogens with one attached hydrogen (secondary N) is 2. The highest BCUT2D eigenvalue weighted by molar-refractivity contribution is 6.11. The molecule has 132 valence electrons. The number of carbonyl (C=O) groups is 2. The van der Waals surface area contributed by atoms with Crippen LogP contribution in [0.2, 0.25) is 0 Å². The molecule has 0 fully saturated rings. The van der Waals surface area contributed by atoms with Crippen molar-refractivity contribution in [2.75, 3.05) is 27.2 Å². The molecule has 1 aromatic carbocycles. The van der Waals surface area contributed by atoms with Crippen molar-refractivity contribution in [1.82, 2.24) is 9.88 Å². The number of aromatic nitrogens is 1. The van der Waals surface area contributed by atoms with Crippen LogP contribution in [-0.2, 0) is 4.79 Å². The lowest BCUT2D eigenvalue weighted by molar-refractivity contribution is -0.856. The maximum atomic E-state index is 13.1. The molecule has 2 rings (SSSR count). The van der Waals surface area contributed by atoms with Gasteiger partial charge < -0.3 is 10.2 Å². The van der Waals surface area contributed by atoms with Gasteiger partial charge in [0.15, 0.2) is 11.8 Å². The number of likely N-dealkylation sites (N-methyl/N-ethyl adjacent to an activating group) is 1. The molecule has 1 aromatic heterocycles. The molecule has 1 amide bonds. The minimum atomic E-state index is -1.34. The van der Waals surface area contributed by atoms with Gasteiger partial charge in [0, 0.05) is 17.8 Å². The summed E-state index contributed by atoms with van der Waals surface area (Å²) in [5.74, 6) is -1.62. The molecule has 0 unspecified atom stereocenters. The summed E-state index contributed by atoms with van der Waals surface area (Å²) in [6, 6.07) is 7.94. The van der Waals surface area contributed by atoms with Crippen molar-refractivity contribution in [2.24, 2.45) is 0 Å². The van der Waals surface area contributed by atoms with E-state index in [9.17, 15) is 18.8 Å². The minimum Gasteiger partial charge on any atom is -0.348 e. The SMILES string of the molecule is C[NH+](C)CCNC(=O)[C@H](C(=O)c1ccc(F)cc1)n1ccccc1=O. The van der Waals surface area contributed by atoms with E-state index in [4.69, 9.17) is 0 Å². The van der Waals surface area contributed by atoms with Gasteiger partial charge >= 0.3 is 0 Å². The molecule has 2 N–H and O–H groups in total. The molecule has 7 heteroatoms. The van der Waals surface area contributed by atoms with Crippen LogP contribution in [0, 0.1) is 5.82 Å². The van der Waals surface area contributed by atoms with Gasteiger partial charge in [-0.2, -0.15) is 0 Å². The number of Topliss-reactive ketones (excluding diaryl/α,β-unsaturated/α-hetero) is 1. The largest absolute Gasteiger partial charge is 0.348 e. The summed E-state index contributed by atoms with van der Waals surface area (Å²) < 4.78 is 14.2. The van der Waals surface area contributed by atoms with E-state index in [2.05, 4.69) is 5.32 Å². The van der Waals surface area contributed by atoms with E-state index in [1.165, 1.54) is 30.5 Å². The van der Waals surface area contributed by atoms with Gasteiger partial charge in [-0.1, -0.05) is 6.07 Å². The zero-order valence-electron chi connectivity index (χ0n) is 14.2. The highest BCUT2D eigenvalue weighted by atomic mass is 19.1. The quantitative estimate of drug-likeness (QED) is 0.533. The predicted octanol–water partition coefficient (Wildman–Crippen LogP) is -0.328. The Labute approximate surface area is 144 Å². The van der Waals surface area contributed by atoms with Crippen LogP contribution in [0.25, 0.3) is 0 Å². The number of pyridine rings is 1. The van der Waals surface area contributed by atoms with E-state index in [1.54, 1.807) is 6.07 Å². The van der Waals surface area contributed by atoms with Gasteiger partial charge in [0.05, 0.1) is 27.2 Å². The molecule has 0 aliphatic carbocycles. The number of hydrogen-bond donors (Lipinski definition) is 2. The van der Waals surface area contributed by atoms with E-state index in [1.807, 2.05) is 14.1 Å². The molecule has 0 saturated carbocycles. The molecule has 0 radical (unpaired) electrons. The summed E-state index contributed by atoms with van der Waals surface area (Å²) in [5, 5.41) is 2.69. The van der Waals surface area contributed by atoms with Crippen LogP contribution in [0.5, 0.6) is 0 Å². The van der Waals surface area contributed by atoms with Crippen molar-refractivity contribution < 1.29 is 18.9 Å². The van der Waals surface area contributed by atoms with Crippen molar-refractivity contribution >= 4 is 11.7 Å². The summed E-state index contributed by atoms with van der Waals surface area (Å²) in [6.45, 7) is 1.04. The monoisotopic (exact) mass is 346 g/mol. The summed E-state index contributed by atoms with van der Waals surface area (Å²) in [5.41, 5.74) is -0.299. The fraction of sp³-hybridized carbons (Fsp3) is 0.278.